The Bertz CT molecular complexity index is 551. The maximum absolute atomic E-state index is 11.9. The Labute approximate surface area is 117 Å². The van der Waals surface area contributed by atoms with E-state index in [0.717, 1.165) is 17.8 Å². The Morgan fingerprint density at radius 2 is 2.21 bits per heavy atom. The number of amides is 1. The first kappa shape index (κ1) is 14.5. The lowest BCUT2D eigenvalue weighted by atomic mass is 10.4. The number of carbonyl (C=O) groups excluding carboxylic acids is 1. The molecule has 2 rings (SSSR count). The summed E-state index contributed by atoms with van der Waals surface area (Å²) < 4.78 is 26.8. The zero-order valence-corrected chi connectivity index (χ0v) is 12.5. The summed E-state index contributed by atoms with van der Waals surface area (Å²) in [6.45, 7) is 3.67. The van der Waals surface area contributed by atoms with Crippen molar-refractivity contribution in [2.24, 2.45) is 0 Å². The number of thiophene rings is 1. The van der Waals surface area contributed by atoms with Gasteiger partial charge in [-0.05, 0) is 31.9 Å². The number of likely N-dealkylation sites (tertiary alicyclic amines) is 1. The highest BCUT2D eigenvalue weighted by Crippen LogP contribution is 2.20. The summed E-state index contributed by atoms with van der Waals surface area (Å²) in [4.78, 5) is 14.1. The van der Waals surface area contributed by atoms with Gasteiger partial charge in [0.05, 0.1) is 0 Å². The summed E-state index contributed by atoms with van der Waals surface area (Å²) in [6, 6.07) is 3.41. The molecule has 1 aliphatic rings. The Morgan fingerprint density at radius 1 is 1.42 bits per heavy atom. The molecular formula is C12H18N2O3S2. The summed E-state index contributed by atoms with van der Waals surface area (Å²) in [6.07, 6.45) is 2.19. The number of sulfonamides is 1. The maximum Gasteiger partial charge on any atom is 0.250 e. The van der Waals surface area contributed by atoms with Crippen LogP contribution in [0.25, 0.3) is 0 Å². The minimum atomic E-state index is -3.38. The summed E-state index contributed by atoms with van der Waals surface area (Å²) in [5.41, 5.74) is 0. The topological polar surface area (TPSA) is 66.5 Å². The Morgan fingerprint density at radius 3 is 2.79 bits per heavy atom. The standard InChI is InChI=1S/C12H18N2O3S2/c1-10-5-6-12(18-10)19(16,17)13-7-3-9-14-8-2-4-11(14)15/h5-6,13H,2-4,7-9H2,1H3. The second-order valence-corrected chi connectivity index (χ2v) is 7.88. The van der Waals surface area contributed by atoms with Crippen LogP contribution in [0.1, 0.15) is 24.1 Å². The highest BCUT2D eigenvalue weighted by Gasteiger charge is 2.20. The first-order valence-corrected chi connectivity index (χ1v) is 8.63. The molecule has 1 aromatic heterocycles. The molecule has 19 heavy (non-hydrogen) atoms. The van der Waals surface area contributed by atoms with Crippen LogP contribution in [-0.2, 0) is 14.8 Å². The van der Waals surface area contributed by atoms with Crippen LogP contribution in [-0.4, -0.2) is 38.9 Å². The first-order chi connectivity index (χ1) is 8.99. The summed E-state index contributed by atoms with van der Waals surface area (Å²) in [5, 5.41) is 0. The molecule has 0 spiro atoms. The van der Waals surface area contributed by atoms with E-state index in [1.54, 1.807) is 17.0 Å². The Kier molecular flexibility index (Phi) is 4.59. The average molecular weight is 302 g/mol. The molecule has 1 amide bonds. The van der Waals surface area contributed by atoms with E-state index in [1.165, 1.54) is 11.3 Å². The van der Waals surface area contributed by atoms with Gasteiger partial charge in [0, 0.05) is 30.9 Å². The van der Waals surface area contributed by atoms with E-state index in [0.29, 0.717) is 30.1 Å². The summed E-state index contributed by atoms with van der Waals surface area (Å²) >= 11 is 1.26. The zero-order valence-electron chi connectivity index (χ0n) is 10.9. The van der Waals surface area contributed by atoms with Gasteiger partial charge in [-0.2, -0.15) is 0 Å². The monoisotopic (exact) mass is 302 g/mol. The van der Waals surface area contributed by atoms with Crippen LogP contribution in [0.4, 0.5) is 0 Å². The molecule has 0 radical (unpaired) electrons. The molecule has 7 heteroatoms. The minimum Gasteiger partial charge on any atom is -0.343 e. The molecule has 0 unspecified atom stereocenters. The lowest BCUT2D eigenvalue weighted by Crippen LogP contribution is -2.30. The number of aryl methyl sites for hydroxylation is 1. The van der Waals surface area contributed by atoms with E-state index < -0.39 is 10.0 Å². The maximum atomic E-state index is 11.9. The predicted molar refractivity (Wildman–Crippen MR) is 74.7 cm³/mol. The molecule has 2 heterocycles. The second-order valence-electron chi connectivity index (χ2n) is 4.60. The molecule has 106 valence electrons. The summed E-state index contributed by atoms with van der Waals surface area (Å²) in [7, 11) is -3.38. The Balaban J connectivity index is 1.77. The highest BCUT2D eigenvalue weighted by molar-refractivity contribution is 7.91. The lowest BCUT2D eigenvalue weighted by molar-refractivity contribution is -0.127. The van der Waals surface area contributed by atoms with Crippen molar-refractivity contribution < 1.29 is 13.2 Å². The molecule has 1 aromatic rings. The van der Waals surface area contributed by atoms with Crippen molar-refractivity contribution in [1.82, 2.24) is 9.62 Å². The fourth-order valence-electron chi connectivity index (χ4n) is 2.04. The molecule has 0 aliphatic carbocycles. The minimum absolute atomic E-state index is 0.178. The quantitative estimate of drug-likeness (QED) is 0.807. The van der Waals surface area contributed by atoms with Crippen LogP contribution in [0.15, 0.2) is 16.3 Å². The SMILES string of the molecule is Cc1ccc(S(=O)(=O)NCCCN2CCCC2=O)s1. The molecule has 1 aliphatic heterocycles. The zero-order chi connectivity index (χ0) is 13.9. The van der Waals surface area contributed by atoms with Crippen molar-refractivity contribution in [1.29, 1.82) is 0 Å². The highest BCUT2D eigenvalue weighted by atomic mass is 32.2. The van der Waals surface area contributed by atoms with Crippen LogP contribution in [0.2, 0.25) is 0 Å². The number of nitrogens with one attached hydrogen (secondary N) is 1. The third kappa shape index (κ3) is 3.77. The number of hydrogen-bond acceptors (Lipinski definition) is 4. The van der Waals surface area contributed by atoms with Gasteiger partial charge < -0.3 is 4.90 Å². The normalized spacial score (nSPS) is 16.3. The third-order valence-electron chi connectivity index (χ3n) is 3.05. The molecular weight excluding hydrogens is 284 g/mol. The van der Waals surface area contributed by atoms with Crippen molar-refractivity contribution in [2.75, 3.05) is 19.6 Å². The molecule has 1 fully saturated rings. The van der Waals surface area contributed by atoms with Gasteiger partial charge in [-0.15, -0.1) is 11.3 Å². The molecule has 0 bridgehead atoms. The van der Waals surface area contributed by atoms with Gasteiger partial charge in [-0.1, -0.05) is 0 Å². The van der Waals surface area contributed by atoms with Crippen LogP contribution < -0.4 is 4.72 Å². The van der Waals surface area contributed by atoms with Gasteiger partial charge in [0.2, 0.25) is 15.9 Å². The molecule has 5 nitrogen and oxygen atoms in total. The second kappa shape index (κ2) is 6.02. The van der Waals surface area contributed by atoms with Crippen molar-refractivity contribution in [2.45, 2.75) is 30.4 Å². The van der Waals surface area contributed by atoms with Gasteiger partial charge in [-0.3, -0.25) is 4.79 Å². The summed E-state index contributed by atoms with van der Waals surface area (Å²) in [5.74, 6) is 0.178. The van der Waals surface area contributed by atoms with E-state index in [-0.39, 0.29) is 5.91 Å². The van der Waals surface area contributed by atoms with Crippen LogP contribution in [0.3, 0.4) is 0 Å². The van der Waals surface area contributed by atoms with E-state index in [2.05, 4.69) is 4.72 Å². The molecule has 0 atom stereocenters. The van der Waals surface area contributed by atoms with E-state index >= 15 is 0 Å². The van der Waals surface area contributed by atoms with Crippen LogP contribution in [0.5, 0.6) is 0 Å². The fourth-order valence-corrected chi connectivity index (χ4v) is 4.45. The predicted octanol–water partition coefficient (Wildman–Crippen LogP) is 1.35. The van der Waals surface area contributed by atoms with Crippen molar-refractivity contribution in [3.8, 4) is 0 Å². The van der Waals surface area contributed by atoms with Gasteiger partial charge in [-0.25, -0.2) is 13.1 Å². The van der Waals surface area contributed by atoms with Crippen molar-refractivity contribution >= 4 is 27.3 Å². The van der Waals surface area contributed by atoms with Crippen LogP contribution in [0, 0.1) is 6.92 Å². The van der Waals surface area contributed by atoms with Gasteiger partial charge in [0.25, 0.3) is 0 Å². The van der Waals surface area contributed by atoms with Gasteiger partial charge in [0.1, 0.15) is 4.21 Å². The van der Waals surface area contributed by atoms with Crippen molar-refractivity contribution in [3.63, 3.8) is 0 Å². The van der Waals surface area contributed by atoms with Gasteiger partial charge in [0.15, 0.2) is 0 Å². The molecule has 0 aromatic carbocycles. The molecule has 0 saturated carbocycles. The largest absolute Gasteiger partial charge is 0.343 e. The fraction of sp³-hybridized carbons (Fsp3) is 0.583. The average Bonchev–Trinajstić information content (AvgIpc) is 2.94. The van der Waals surface area contributed by atoms with Crippen molar-refractivity contribution in [3.05, 3.63) is 17.0 Å². The number of rotatable bonds is 6. The number of nitrogens with zero attached hydrogens (tertiary/aromatic N) is 1. The first-order valence-electron chi connectivity index (χ1n) is 6.33. The van der Waals surface area contributed by atoms with E-state index in [9.17, 15) is 13.2 Å². The Hall–Kier alpha value is -0.920. The third-order valence-corrected chi connectivity index (χ3v) is 6.00. The van der Waals surface area contributed by atoms with Gasteiger partial charge >= 0.3 is 0 Å². The molecule has 1 N–H and O–H groups in total. The van der Waals surface area contributed by atoms with E-state index in [1.807, 2.05) is 6.92 Å². The van der Waals surface area contributed by atoms with E-state index in [4.69, 9.17) is 0 Å². The van der Waals surface area contributed by atoms with Crippen LogP contribution >= 0.6 is 11.3 Å². The number of hydrogen-bond donors (Lipinski definition) is 1. The molecule has 1 saturated heterocycles. The lowest BCUT2D eigenvalue weighted by Gasteiger charge is -2.15. The smallest absolute Gasteiger partial charge is 0.250 e. The number of carbonyl (C=O) groups is 1.